The predicted molar refractivity (Wildman–Crippen MR) is 68.5 cm³/mol. The molecule has 0 unspecified atom stereocenters. The predicted octanol–water partition coefficient (Wildman–Crippen LogP) is 0.284. The van der Waals surface area contributed by atoms with E-state index in [1.807, 2.05) is 4.72 Å². The molecule has 104 valence electrons. The van der Waals surface area contributed by atoms with Crippen LogP contribution in [0.3, 0.4) is 0 Å². The van der Waals surface area contributed by atoms with Crippen LogP contribution >= 0.6 is 11.6 Å². The molecule has 10 heteroatoms. The van der Waals surface area contributed by atoms with Crippen LogP contribution in [0.25, 0.3) is 0 Å². The van der Waals surface area contributed by atoms with Crippen molar-refractivity contribution in [3.05, 3.63) is 29.3 Å². The van der Waals surface area contributed by atoms with Crippen molar-refractivity contribution in [2.45, 2.75) is 4.90 Å². The highest BCUT2D eigenvalue weighted by atomic mass is 35.5. The number of hydrogen-bond acceptors (Lipinski definition) is 5. The number of benzene rings is 1. The molecule has 0 fully saturated rings. The van der Waals surface area contributed by atoms with Crippen molar-refractivity contribution in [2.24, 2.45) is 4.40 Å². The van der Waals surface area contributed by atoms with Crippen molar-refractivity contribution < 1.29 is 21.6 Å². The van der Waals surface area contributed by atoms with Crippen molar-refractivity contribution in [3.8, 4) is 0 Å². The highest BCUT2D eigenvalue weighted by Gasteiger charge is 2.16. The van der Waals surface area contributed by atoms with E-state index in [1.165, 1.54) is 24.3 Å². The lowest BCUT2D eigenvalue weighted by Gasteiger charge is -2.04. The zero-order chi connectivity index (χ0) is 14.5. The number of hydrogen-bond donors (Lipinski definition) is 1. The monoisotopic (exact) mass is 324 g/mol. The van der Waals surface area contributed by atoms with E-state index in [-0.39, 0.29) is 4.90 Å². The normalized spacial score (nSPS) is 11.8. The fourth-order valence-electron chi connectivity index (χ4n) is 1.15. The zero-order valence-electron chi connectivity index (χ0n) is 9.41. The van der Waals surface area contributed by atoms with E-state index in [4.69, 9.17) is 11.6 Å². The van der Waals surface area contributed by atoms with Crippen molar-refractivity contribution in [3.63, 3.8) is 0 Å². The van der Waals surface area contributed by atoms with E-state index in [0.29, 0.717) is 5.02 Å². The van der Waals surface area contributed by atoms with E-state index in [1.54, 1.807) is 0 Å². The summed E-state index contributed by atoms with van der Waals surface area (Å²) >= 11 is 5.63. The van der Waals surface area contributed by atoms with Gasteiger partial charge in [0, 0.05) is 11.6 Å². The largest absolute Gasteiger partial charge is 0.330 e. The molecule has 0 aromatic heterocycles. The topological polar surface area (TPSA) is 110 Å². The van der Waals surface area contributed by atoms with Crippen LogP contribution in [0.15, 0.2) is 33.6 Å². The molecule has 1 N–H and O–H groups in total. The van der Waals surface area contributed by atoms with Crippen LogP contribution < -0.4 is 4.72 Å². The fourth-order valence-corrected chi connectivity index (χ4v) is 3.08. The fraction of sp³-hybridized carbons (Fsp3) is 0.222. The summed E-state index contributed by atoms with van der Waals surface area (Å²) < 4.78 is 49.8. The maximum atomic E-state index is 11.8. The summed E-state index contributed by atoms with van der Waals surface area (Å²) in [6.45, 7) is -0.404. The van der Waals surface area contributed by atoms with Crippen molar-refractivity contribution in [1.82, 2.24) is 4.72 Å². The summed E-state index contributed by atoms with van der Waals surface area (Å²) in [4.78, 5) is 9.82. The molecule has 0 spiro atoms. The molecule has 19 heavy (non-hydrogen) atoms. The van der Waals surface area contributed by atoms with Gasteiger partial charge in [-0.3, -0.25) is 0 Å². The minimum Gasteiger partial charge on any atom is -0.224 e. The molecule has 0 saturated heterocycles. The van der Waals surface area contributed by atoms with Crippen LogP contribution in [0, 0.1) is 0 Å². The molecule has 7 nitrogen and oxygen atoms in total. The molecular formula is C9H9ClN2O5S2. The minimum atomic E-state index is -4.18. The molecule has 0 heterocycles. The second kappa shape index (κ2) is 6.27. The lowest BCUT2D eigenvalue weighted by molar-refractivity contribution is 0.562. The number of rotatable bonds is 6. The summed E-state index contributed by atoms with van der Waals surface area (Å²) in [7, 11) is -7.82. The third kappa shape index (κ3) is 5.09. The Balaban J connectivity index is 2.72. The quantitative estimate of drug-likeness (QED) is 0.597. The molecule has 0 aliphatic carbocycles. The molecular weight excluding hydrogens is 316 g/mol. The highest BCUT2D eigenvalue weighted by molar-refractivity contribution is 7.91. The van der Waals surface area contributed by atoms with Gasteiger partial charge >= 0.3 is 10.2 Å². The summed E-state index contributed by atoms with van der Waals surface area (Å²) in [5.74, 6) is -0.470. The molecule has 0 bridgehead atoms. The molecule has 0 amide bonds. The Labute approximate surface area is 115 Å². The summed E-state index contributed by atoms with van der Waals surface area (Å²) in [5, 5.41) is 0.389. The molecule has 0 atom stereocenters. The van der Waals surface area contributed by atoms with Crippen LogP contribution in [0.1, 0.15) is 0 Å². The van der Waals surface area contributed by atoms with Gasteiger partial charge in [0.05, 0.1) is 10.6 Å². The first kappa shape index (κ1) is 15.8. The van der Waals surface area contributed by atoms with Gasteiger partial charge in [-0.25, -0.2) is 13.2 Å². The van der Waals surface area contributed by atoms with Gasteiger partial charge in [-0.15, -0.1) is 0 Å². The third-order valence-electron chi connectivity index (χ3n) is 1.99. The zero-order valence-corrected chi connectivity index (χ0v) is 11.8. The smallest absolute Gasteiger partial charge is 0.224 e. The number of halogens is 1. The van der Waals surface area contributed by atoms with Gasteiger partial charge in [0.1, 0.15) is 0 Å². The Bertz CT molecular complexity index is 691. The first-order valence-electron chi connectivity index (χ1n) is 4.84. The lowest BCUT2D eigenvalue weighted by atomic mass is 10.4. The number of nitrogens with one attached hydrogen (secondary N) is 1. The van der Waals surface area contributed by atoms with Crippen molar-refractivity contribution >= 4 is 37.7 Å². The van der Waals surface area contributed by atoms with Crippen LogP contribution in [0.2, 0.25) is 5.02 Å². The maximum Gasteiger partial charge on any atom is 0.330 e. The summed E-state index contributed by atoms with van der Waals surface area (Å²) in [6, 6.07) is 5.45. The molecule has 1 aromatic rings. The summed E-state index contributed by atoms with van der Waals surface area (Å²) in [6.07, 6.45) is 0.854. The number of carbonyl (C=O) groups excluding carboxylic acids is 1. The average molecular weight is 325 g/mol. The molecule has 0 aliphatic rings. The second-order valence-electron chi connectivity index (χ2n) is 3.32. The van der Waals surface area contributed by atoms with E-state index >= 15 is 0 Å². The van der Waals surface area contributed by atoms with Gasteiger partial charge in [0.15, 0.2) is 9.84 Å². The Morgan fingerprint density at radius 1 is 1.16 bits per heavy atom. The second-order valence-corrected chi connectivity index (χ2v) is 7.29. The number of isocyanates is 1. The first-order valence-corrected chi connectivity index (χ1v) is 8.31. The summed E-state index contributed by atoms with van der Waals surface area (Å²) in [5.41, 5.74) is 0. The SMILES string of the molecule is O=C=NS(=O)(=O)NCCS(=O)(=O)c1ccc(Cl)cc1. The molecule has 1 aromatic carbocycles. The average Bonchev–Trinajstić information content (AvgIpc) is 2.28. The van der Waals surface area contributed by atoms with Gasteiger partial charge in [0.25, 0.3) is 6.08 Å². The number of sulfone groups is 1. The van der Waals surface area contributed by atoms with E-state index in [2.05, 4.69) is 4.40 Å². The Morgan fingerprint density at radius 3 is 2.26 bits per heavy atom. The van der Waals surface area contributed by atoms with Crippen LogP contribution in [0.4, 0.5) is 0 Å². The van der Waals surface area contributed by atoms with E-state index < -0.39 is 32.3 Å². The van der Waals surface area contributed by atoms with E-state index in [0.717, 1.165) is 6.08 Å². The van der Waals surface area contributed by atoms with Gasteiger partial charge < -0.3 is 0 Å². The minimum absolute atomic E-state index is 0.0231. The maximum absolute atomic E-state index is 11.8. The van der Waals surface area contributed by atoms with E-state index in [9.17, 15) is 21.6 Å². The number of nitrogens with zero attached hydrogens (tertiary/aromatic N) is 1. The third-order valence-corrected chi connectivity index (χ3v) is 4.85. The Kier molecular flexibility index (Phi) is 5.21. The molecule has 0 radical (unpaired) electrons. The molecule has 1 rings (SSSR count). The van der Waals surface area contributed by atoms with Crippen LogP contribution in [0.5, 0.6) is 0 Å². The first-order chi connectivity index (χ1) is 8.77. The molecule has 0 aliphatic heterocycles. The highest BCUT2D eigenvalue weighted by Crippen LogP contribution is 2.15. The van der Waals surface area contributed by atoms with Crippen LogP contribution in [-0.2, 0) is 24.8 Å². The van der Waals surface area contributed by atoms with Crippen LogP contribution in [-0.4, -0.2) is 35.2 Å². The Hall–Kier alpha value is -1.25. The molecule has 0 saturated carbocycles. The van der Waals surface area contributed by atoms with Gasteiger partial charge in [-0.1, -0.05) is 16.0 Å². The van der Waals surface area contributed by atoms with Crippen molar-refractivity contribution in [1.29, 1.82) is 0 Å². The van der Waals surface area contributed by atoms with Gasteiger partial charge in [-0.05, 0) is 24.3 Å². The Morgan fingerprint density at radius 2 is 1.74 bits per heavy atom. The van der Waals surface area contributed by atoms with Gasteiger partial charge in [-0.2, -0.15) is 13.1 Å². The standard InChI is InChI=1S/C9H9ClN2O5S2/c10-8-1-3-9(4-2-8)18(14,15)6-5-11-19(16,17)12-7-13/h1-4,11H,5-6H2. The van der Waals surface area contributed by atoms with Gasteiger partial charge in [0.2, 0.25) is 0 Å². The lowest BCUT2D eigenvalue weighted by Crippen LogP contribution is -2.27. The van der Waals surface area contributed by atoms with Crippen molar-refractivity contribution in [2.75, 3.05) is 12.3 Å².